The van der Waals surface area contributed by atoms with Crippen molar-refractivity contribution in [2.45, 2.75) is 20.5 Å². The number of ether oxygens (including phenoxy) is 1. The zero-order chi connectivity index (χ0) is 23.7. The molecule has 3 aromatic carbocycles. The molecule has 0 radical (unpaired) electrons. The Balaban J connectivity index is 1.80. The van der Waals surface area contributed by atoms with Gasteiger partial charge in [-0.1, -0.05) is 12.1 Å². The number of aryl methyl sites for hydroxylation is 1. The minimum atomic E-state index is -1.08. The van der Waals surface area contributed by atoms with Gasteiger partial charge in [-0.25, -0.2) is 13.6 Å². The maximum absolute atomic E-state index is 14.3. The summed E-state index contributed by atoms with van der Waals surface area (Å²) in [4.78, 5) is 11.7. The predicted octanol–water partition coefficient (Wildman–Crippen LogP) is 5.90. The molecule has 0 spiro atoms. The van der Waals surface area contributed by atoms with E-state index < -0.39 is 11.8 Å². The van der Waals surface area contributed by atoms with Crippen LogP contribution in [0.2, 0.25) is 0 Å². The van der Waals surface area contributed by atoms with Gasteiger partial charge in [0.15, 0.2) is 0 Å². The average Bonchev–Trinajstić information content (AvgIpc) is 3.16. The molecule has 7 heteroatoms. The fourth-order valence-electron chi connectivity index (χ4n) is 3.73. The minimum absolute atomic E-state index is 0.0936. The molecule has 0 amide bonds. The number of nitrogens with zero attached hydrogens (tertiary/aromatic N) is 1. The first-order chi connectivity index (χ1) is 15.7. The quantitative estimate of drug-likeness (QED) is 0.360. The lowest BCUT2D eigenvalue weighted by Gasteiger charge is -2.17. The largest absolute Gasteiger partial charge is 0.488 e. The average molecular weight is 448 g/mol. The van der Waals surface area contributed by atoms with Crippen molar-refractivity contribution in [3.63, 3.8) is 0 Å². The normalized spacial score (nSPS) is 10.9. The second kappa shape index (κ2) is 8.78. The van der Waals surface area contributed by atoms with Crippen LogP contribution in [0.1, 0.15) is 27.2 Å². The van der Waals surface area contributed by atoms with E-state index in [-0.39, 0.29) is 18.0 Å². The molecule has 0 fully saturated rings. The first-order valence-electron chi connectivity index (χ1n) is 10.2. The van der Waals surface area contributed by atoms with Gasteiger partial charge in [0, 0.05) is 22.6 Å². The zero-order valence-electron chi connectivity index (χ0n) is 18.1. The number of hydrogen-bond donors (Lipinski definition) is 2. The first kappa shape index (κ1) is 22.1. The van der Waals surface area contributed by atoms with Crippen molar-refractivity contribution in [3.8, 4) is 22.7 Å². The van der Waals surface area contributed by atoms with E-state index in [1.165, 1.54) is 30.3 Å². The number of aromatic nitrogens is 1. The van der Waals surface area contributed by atoms with Crippen molar-refractivity contribution < 1.29 is 23.4 Å². The molecule has 0 bridgehead atoms. The van der Waals surface area contributed by atoms with Gasteiger partial charge in [-0.05, 0) is 79.6 Å². The third kappa shape index (κ3) is 4.43. The number of benzene rings is 3. The summed E-state index contributed by atoms with van der Waals surface area (Å²) in [5, 5.41) is 9.59. The fraction of sp³-hybridized carbons (Fsp3) is 0.115. The summed E-state index contributed by atoms with van der Waals surface area (Å²) < 4.78 is 35.2. The molecule has 4 rings (SSSR count). The number of carboxylic acid groups (broad SMARTS) is 1. The van der Waals surface area contributed by atoms with Crippen LogP contribution in [0.5, 0.6) is 5.75 Å². The van der Waals surface area contributed by atoms with E-state index in [1.54, 1.807) is 31.2 Å². The summed E-state index contributed by atoms with van der Waals surface area (Å²) in [6.07, 6.45) is 0. The van der Waals surface area contributed by atoms with Crippen molar-refractivity contribution in [1.82, 2.24) is 4.57 Å². The lowest BCUT2D eigenvalue weighted by molar-refractivity contribution is 0.0696. The van der Waals surface area contributed by atoms with Crippen molar-refractivity contribution >= 4 is 11.7 Å². The van der Waals surface area contributed by atoms with Crippen LogP contribution >= 0.6 is 0 Å². The van der Waals surface area contributed by atoms with Crippen LogP contribution in [0.3, 0.4) is 0 Å². The lowest BCUT2D eigenvalue weighted by Crippen LogP contribution is -2.08. The molecule has 0 unspecified atom stereocenters. The Labute approximate surface area is 189 Å². The number of nitrogen functional groups attached to an aromatic ring is 1. The summed E-state index contributed by atoms with van der Waals surface area (Å²) in [5.41, 5.74) is 10.2. The predicted molar refractivity (Wildman–Crippen MR) is 123 cm³/mol. The van der Waals surface area contributed by atoms with Crippen LogP contribution in [0.4, 0.5) is 14.5 Å². The smallest absolute Gasteiger partial charge is 0.336 e. The van der Waals surface area contributed by atoms with Gasteiger partial charge < -0.3 is 20.1 Å². The molecule has 1 aromatic heterocycles. The highest BCUT2D eigenvalue weighted by Gasteiger charge is 2.18. The Bertz CT molecular complexity index is 1340. The van der Waals surface area contributed by atoms with Crippen LogP contribution in [-0.4, -0.2) is 15.6 Å². The second-order valence-electron chi connectivity index (χ2n) is 7.76. The summed E-state index contributed by atoms with van der Waals surface area (Å²) in [7, 11) is 0. The number of anilines is 1. The Morgan fingerprint density at radius 3 is 2.36 bits per heavy atom. The van der Waals surface area contributed by atoms with E-state index in [2.05, 4.69) is 0 Å². The molecule has 0 atom stereocenters. The minimum Gasteiger partial charge on any atom is -0.488 e. The van der Waals surface area contributed by atoms with Crippen LogP contribution in [0.25, 0.3) is 16.9 Å². The molecule has 0 aliphatic carbocycles. The van der Waals surface area contributed by atoms with E-state index in [9.17, 15) is 18.7 Å². The highest BCUT2D eigenvalue weighted by atomic mass is 19.1. The molecule has 33 heavy (non-hydrogen) atoms. The second-order valence-corrected chi connectivity index (χ2v) is 7.76. The van der Waals surface area contributed by atoms with Crippen molar-refractivity contribution in [3.05, 3.63) is 101 Å². The molecular weight excluding hydrogens is 426 g/mol. The molecule has 0 saturated heterocycles. The monoisotopic (exact) mass is 448 g/mol. The standard InChI is InChI=1S/C26H22F2N2O3/c1-15-3-9-24(30(15)20-12-21(26(31)32)16(2)23(29)13-20)22-11-19(28)8-10-25(22)33-14-17-4-6-18(27)7-5-17/h3-13H,14,29H2,1-2H3,(H,31,32). The number of rotatable bonds is 6. The summed E-state index contributed by atoms with van der Waals surface area (Å²) >= 11 is 0. The van der Waals surface area contributed by atoms with Crippen LogP contribution in [0, 0.1) is 25.5 Å². The van der Waals surface area contributed by atoms with Gasteiger partial charge in [0.25, 0.3) is 0 Å². The first-order valence-corrected chi connectivity index (χ1v) is 10.2. The van der Waals surface area contributed by atoms with Gasteiger partial charge in [-0.3, -0.25) is 0 Å². The zero-order valence-corrected chi connectivity index (χ0v) is 18.1. The van der Waals surface area contributed by atoms with Gasteiger partial charge in [0.05, 0.1) is 11.3 Å². The Morgan fingerprint density at radius 2 is 1.67 bits per heavy atom. The number of carbonyl (C=O) groups is 1. The van der Waals surface area contributed by atoms with E-state index in [0.717, 1.165) is 11.3 Å². The molecule has 0 aliphatic heterocycles. The number of halogens is 2. The molecule has 4 aromatic rings. The van der Waals surface area contributed by atoms with Gasteiger partial charge in [0.1, 0.15) is 24.0 Å². The number of carboxylic acids is 1. The molecule has 0 saturated carbocycles. The molecular formula is C26H22F2N2O3. The van der Waals surface area contributed by atoms with Gasteiger partial charge in [-0.2, -0.15) is 0 Å². The highest BCUT2D eigenvalue weighted by Crippen LogP contribution is 2.35. The van der Waals surface area contributed by atoms with E-state index in [0.29, 0.717) is 33.9 Å². The summed E-state index contributed by atoms with van der Waals surface area (Å²) in [6.45, 7) is 3.68. The SMILES string of the molecule is Cc1c(N)cc(-n2c(C)ccc2-c2cc(F)ccc2OCc2ccc(F)cc2)cc1C(=O)O. The molecule has 0 aliphatic rings. The van der Waals surface area contributed by atoms with Gasteiger partial charge in [-0.15, -0.1) is 0 Å². The third-order valence-electron chi connectivity index (χ3n) is 5.52. The molecule has 168 valence electrons. The number of aromatic carboxylic acids is 1. The van der Waals surface area contributed by atoms with E-state index in [1.807, 2.05) is 23.6 Å². The Hall–Kier alpha value is -4.13. The van der Waals surface area contributed by atoms with Gasteiger partial charge >= 0.3 is 5.97 Å². The van der Waals surface area contributed by atoms with Crippen molar-refractivity contribution in [2.75, 3.05) is 5.73 Å². The van der Waals surface area contributed by atoms with E-state index >= 15 is 0 Å². The van der Waals surface area contributed by atoms with Crippen molar-refractivity contribution in [1.29, 1.82) is 0 Å². The Morgan fingerprint density at radius 1 is 0.970 bits per heavy atom. The number of hydrogen-bond acceptors (Lipinski definition) is 3. The third-order valence-corrected chi connectivity index (χ3v) is 5.52. The topological polar surface area (TPSA) is 77.5 Å². The molecule has 3 N–H and O–H groups in total. The van der Waals surface area contributed by atoms with Gasteiger partial charge in [0.2, 0.25) is 0 Å². The fourth-order valence-corrected chi connectivity index (χ4v) is 3.73. The van der Waals surface area contributed by atoms with Crippen LogP contribution < -0.4 is 10.5 Å². The molecule has 1 heterocycles. The summed E-state index contributed by atoms with van der Waals surface area (Å²) in [5.74, 6) is -1.44. The van der Waals surface area contributed by atoms with Crippen molar-refractivity contribution in [2.24, 2.45) is 0 Å². The van der Waals surface area contributed by atoms with Crippen LogP contribution in [-0.2, 0) is 6.61 Å². The van der Waals surface area contributed by atoms with E-state index in [4.69, 9.17) is 10.5 Å². The maximum Gasteiger partial charge on any atom is 0.336 e. The molecule has 5 nitrogen and oxygen atoms in total. The van der Waals surface area contributed by atoms with Crippen LogP contribution in [0.15, 0.2) is 66.7 Å². The Kier molecular flexibility index (Phi) is 5.87. The maximum atomic E-state index is 14.3. The lowest BCUT2D eigenvalue weighted by atomic mass is 10.0. The summed E-state index contributed by atoms with van der Waals surface area (Å²) in [6, 6.07) is 17.0. The highest BCUT2D eigenvalue weighted by molar-refractivity contribution is 5.92. The number of nitrogens with two attached hydrogens (primary N) is 1.